The third-order valence-corrected chi connectivity index (χ3v) is 7.40. The number of benzene rings is 3. The van der Waals surface area contributed by atoms with Gasteiger partial charge in [-0.1, -0.05) is 49.4 Å². The molecule has 0 bridgehead atoms. The second kappa shape index (κ2) is 10.4. The number of hydrogen-bond donors (Lipinski definition) is 0. The molecule has 0 N–H and O–H groups in total. The van der Waals surface area contributed by atoms with Crippen molar-refractivity contribution < 1.29 is 23.8 Å². The molecule has 0 aromatic heterocycles. The molecule has 1 aliphatic carbocycles. The first-order chi connectivity index (χ1) is 18.4. The Morgan fingerprint density at radius 1 is 1.03 bits per heavy atom. The number of carbonyl (C=O) groups excluding carboxylic acids is 2. The van der Waals surface area contributed by atoms with E-state index in [9.17, 15) is 9.59 Å². The molecule has 3 aromatic rings. The lowest BCUT2D eigenvalue weighted by molar-refractivity contribution is -0.119. The number of methoxy groups -OCH3 is 2. The quantitative estimate of drug-likeness (QED) is 0.316. The largest absolute Gasteiger partial charge is 0.492 e. The Labute approximate surface area is 223 Å². The van der Waals surface area contributed by atoms with Crippen LogP contribution in [0.1, 0.15) is 54.6 Å². The Bertz CT molecular complexity index is 1390. The van der Waals surface area contributed by atoms with Gasteiger partial charge in [-0.2, -0.15) is 0 Å². The fourth-order valence-electron chi connectivity index (χ4n) is 4.71. The molecule has 1 saturated carbocycles. The average molecular weight is 512 g/mol. The van der Waals surface area contributed by atoms with Crippen LogP contribution in [0.2, 0.25) is 0 Å². The second-order valence-electron chi connectivity index (χ2n) is 10.1. The monoisotopic (exact) mass is 511 g/mol. The fourth-order valence-corrected chi connectivity index (χ4v) is 4.71. The molecule has 1 heterocycles. The normalized spacial score (nSPS) is 17.8. The number of anilines is 1. The zero-order chi connectivity index (χ0) is 26.9. The molecule has 1 amide bonds. The Kier molecular flexibility index (Phi) is 6.98. The van der Waals surface area contributed by atoms with Crippen molar-refractivity contribution >= 4 is 23.6 Å². The van der Waals surface area contributed by atoms with E-state index in [1.54, 1.807) is 19.2 Å². The van der Waals surface area contributed by atoms with Gasteiger partial charge in [-0.25, -0.2) is 4.79 Å². The van der Waals surface area contributed by atoms with Gasteiger partial charge in [0.2, 0.25) is 5.91 Å². The van der Waals surface area contributed by atoms with Crippen LogP contribution in [0, 0.1) is 5.92 Å². The van der Waals surface area contributed by atoms with Crippen molar-refractivity contribution in [3.63, 3.8) is 0 Å². The Morgan fingerprint density at radius 2 is 1.79 bits per heavy atom. The van der Waals surface area contributed by atoms with Crippen molar-refractivity contribution in [3.05, 3.63) is 83.4 Å². The van der Waals surface area contributed by atoms with E-state index in [4.69, 9.17) is 14.2 Å². The highest BCUT2D eigenvalue weighted by molar-refractivity contribution is 5.97. The van der Waals surface area contributed by atoms with Crippen LogP contribution >= 0.6 is 0 Å². The molecule has 1 atom stereocenters. The van der Waals surface area contributed by atoms with Crippen LogP contribution in [0.4, 0.5) is 5.69 Å². The summed E-state index contributed by atoms with van der Waals surface area (Å²) >= 11 is 0. The van der Waals surface area contributed by atoms with Crippen molar-refractivity contribution in [1.29, 1.82) is 0 Å². The van der Waals surface area contributed by atoms with Gasteiger partial charge >= 0.3 is 5.97 Å². The first-order valence-corrected chi connectivity index (χ1v) is 13.0. The van der Waals surface area contributed by atoms with Crippen LogP contribution in [0.3, 0.4) is 0 Å². The summed E-state index contributed by atoms with van der Waals surface area (Å²) in [6.45, 7) is 4.52. The van der Waals surface area contributed by atoms with E-state index in [-0.39, 0.29) is 17.8 Å². The predicted octanol–water partition coefficient (Wildman–Crippen LogP) is 6.67. The van der Waals surface area contributed by atoms with E-state index in [0.29, 0.717) is 17.9 Å². The second-order valence-corrected chi connectivity index (χ2v) is 10.1. The van der Waals surface area contributed by atoms with Crippen molar-refractivity contribution in [3.8, 4) is 22.6 Å². The van der Waals surface area contributed by atoms with E-state index in [1.807, 2.05) is 53.4 Å². The van der Waals surface area contributed by atoms with E-state index >= 15 is 0 Å². The highest BCUT2D eigenvalue weighted by Crippen LogP contribution is 2.43. The van der Waals surface area contributed by atoms with Crippen LogP contribution in [0.5, 0.6) is 11.5 Å². The number of ether oxygens (including phenoxy) is 3. The van der Waals surface area contributed by atoms with Gasteiger partial charge in [0.1, 0.15) is 5.60 Å². The molecule has 38 heavy (non-hydrogen) atoms. The summed E-state index contributed by atoms with van der Waals surface area (Å²) < 4.78 is 17.1. The van der Waals surface area contributed by atoms with Gasteiger partial charge in [0.25, 0.3) is 0 Å². The first kappa shape index (κ1) is 25.6. The molecule has 6 nitrogen and oxygen atoms in total. The molecule has 196 valence electrons. The van der Waals surface area contributed by atoms with Crippen molar-refractivity contribution in [2.45, 2.75) is 45.3 Å². The molecule has 3 aromatic carbocycles. The fraction of sp³-hybridized carbons (Fsp3) is 0.312. The summed E-state index contributed by atoms with van der Waals surface area (Å²) in [7, 11) is 3.02. The Hall–Kier alpha value is -4.06. The number of fused-ring (bicyclic) bond motifs is 1. The highest BCUT2D eigenvalue weighted by atomic mass is 16.5. The molecule has 0 spiro atoms. The van der Waals surface area contributed by atoms with Crippen molar-refractivity contribution in [2.75, 3.05) is 19.1 Å². The third kappa shape index (κ3) is 5.03. The predicted molar refractivity (Wildman–Crippen MR) is 148 cm³/mol. The molecule has 5 rings (SSSR count). The Morgan fingerprint density at radius 3 is 2.45 bits per heavy atom. The number of hydrogen-bond acceptors (Lipinski definition) is 5. The van der Waals surface area contributed by atoms with E-state index in [2.05, 4.69) is 26.0 Å². The van der Waals surface area contributed by atoms with Crippen LogP contribution in [-0.4, -0.2) is 31.7 Å². The maximum atomic E-state index is 13.5. The van der Waals surface area contributed by atoms with Crippen LogP contribution in [-0.2, 0) is 16.1 Å². The van der Waals surface area contributed by atoms with Gasteiger partial charge in [0, 0.05) is 22.7 Å². The molecule has 1 fully saturated rings. The standard InChI is InChI=1S/C32H33NO5/c1-5-32(2)18-17-22-11-16-26(28(36-3)29(22)38-32)20-33(30(34)23-12-13-23)27-8-6-7-25(19-27)21-9-14-24(15-10-21)31(35)37-4/h6-11,14-19,23H,5,12-13,20H2,1-4H3. The minimum absolute atomic E-state index is 0.0455. The van der Waals surface area contributed by atoms with Crippen LogP contribution in [0.15, 0.2) is 66.7 Å². The molecule has 0 radical (unpaired) electrons. The zero-order valence-electron chi connectivity index (χ0n) is 22.3. The van der Waals surface area contributed by atoms with Gasteiger partial charge in [-0.05, 0) is 67.7 Å². The van der Waals surface area contributed by atoms with Gasteiger partial charge in [0.05, 0.1) is 26.3 Å². The summed E-state index contributed by atoms with van der Waals surface area (Å²) in [6, 6.07) is 19.3. The maximum absolute atomic E-state index is 13.5. The maximum Gasteiger partial charge on any atom is 0.337 e. The SMILES string of the molecule is CCC1(C)C=Cc2ccc(CN(C(=O)C3CC3)c3cccc(-c4ccc(C(=O)OC)cc4)c3)c(OC)c2O1. The van der Waals surface area contributed by atoms with Crippen molar-refractivity contribution in [2.24, 2.45) is 5.92 Å². The number of nitrogens with zero attached hydrogens (tertiary/aromatic N) is 1. The average Bonchev–Trinajstić information content (AvgIpc) is 3.81. The molecule has 6 heteroatoms. The number of esters is 1. The van der Waals surface area contributed by atoms with E-state index < -0.39 is 5.60 Å². The summed E-state index contributed by atoms with van der Waals surface area (Å²) in [5, 5.41) is 0. The minimum atomic E-state index is -0.403. The summed E-state index contributed by atoms with van der Waals surface area (Å²) in [6.07, 6.45) is 6.81. The molecule has 0 saturated heterocycles. The van der Waals surface area contributed by atoms with Crippen LogP contribution in [0.25, 0.3) is 17.2 Å². The smallest absolute Gasteiger partial charge is 0.337 e. The highest BCUT2D eigenvalue weighted by Gasteiger charge is 2.35. The first-order valence-electron chi connectivity index (χ1n) is 13.0. The lowest BCUT2D eigenvalue weighted by atomic mass is 9.96. The molecule has 2 aliphatic rings. The van der Waals surface area contributed by atoms with Gasteiger partial charge in [-0.15, -0.1) is 0 Å². The number of carbonyl (C=O) groups is 2. The molecular formula is C32H33NO5. The molecule has 1 unspecified atom stereocenters. The molecule has 1 aliphatic heterocycles. The van der Waals surface area contributed by atoms with Gasteiger partial charge in [-0.3, -0.25) is 4.79 Å². The van der Waals surface area contributed by atoms with Gasteiger partial charge < -0.3 is 19.1 Å². The van der Waals surface area contributed by atoms with E-state index in [0.717, 1.165) is 53.0 Å². The number of rotatable bonds is 8. The topological polar surface area (TPSA) is 65.1 Å². The summed E-state index contributed by atoms with van der Waals surface area (Å²) in [5.74, 6) is 1.17. The summed E-state index contributed by atoms with van der Waals surface area (Å²) in [5.41, 5.74) is 4.67. The molecular weight excluding hydrogens is 478 g/mol. The van der Waals surface area contributed by atoms with Crippen LogP contribution < -0.4 is 14.4 Å². The van der Waals surface area contributed by atoms with E-state index in [1.165, 1.54) is 7.11 Å². The zero-order valence-corrected chi connectivity index (χ0v) is 22.3. The third-order valence-electron chi connectivity index (χ3n) is 7.40. The lowest BCUT2D eigenvalue weighted by Gasteiger charge is -2.32. The minimum Gasteiger partial charge on any atom is -0.492 e. The van der Waals surface area contributed by atoms with Gasteiger partial charge in [0.15, 0.2) is 11.5 Å². The lowest BCUT2D eigenvalue weighted by Crippen LogP contribution is -2.33. The number of amides is 1. The Balaban J connectivity index is 1.49. The summed E-state index contributed by atoms with van der Waals surface area (Å²) in [4.78, 5) is 27.2. The van der Waals surface area contributed by atoms with Crippen molar-refractivity contribution in [1.82, 2.24) is 0 Å².